The Balaban J connectivity index is 3.19. The minimum atomic E-state index is -1.14. The summed E-state index contributed by atoms with van der Waals surface area (Å²) in [5.41, 5.74) is -1.14. The van der Waals surface area contributed by atoms with Gasteiger partial charge in [-0.05, 0) is 6.42 Å². The molecular formula is C24H49NO3. The predicted octanol–water partition coefficient (Wildman–Crippen LogP) is 7.84. The molecule has 1 unspecified atom stereocenters. The van der Waals surface area contributed by atoms with Gasteiger partial charge in [0.15, 0.2) is 0 Å². The van der Waals surface area contributed by atoms with Gasteiger partial charge in [0.25, 0.3) is 0 Å². The van der Waals surface area contributed by atoms with Crippen molar-refractivity contribution in [3.05, 3.63) is 10.1 Å². The van der Waals surface area contributed by atoms with E-state index in [-0.39, 0.29) is 11.5 Å². The zero-order chi connectivity index (χ0) is 20.9. The van der Waals surface area contributed by atoms with Crippen molar-refractivity contribution < 1.29 is 10.0 Å². The van der Waals surface area contributed by atoms with Crippen LogP contribution >= 0.6 is 0 Å². The summed E-state index contributed by atoms with van der Waals surface area (Å²) in [6.45, 7) is 3.46. The van der Waals surface area contributed by atoms with E-state index >= 15 is 0 Å². The van der Waals surface area contributed by atoms with E-state index in [1.165, 1.54) is 103 Å². The average Bonchev–Trinajstić information content (AvgIpc) is 2.69. The summed E-state index contributed by atoms with van der Waals surface area (Å²) < 4.78 is 0. The Kier molecular flexibility index (Phi) is 19.2. The van der Waals surface area contributed by atoms with Gasteiger partial charge in [-0.2, -0.15) is 0 Å². The van der Waals surface area contributed by atoms with Gasteiger partial charge in [-0.3, -0.25) is 10.1 Å². The fourth-order valence-electron chi connectivity index (χ4n) is 3.81. The monoisotopic (exact) mass is 399 g/mol. The van der Waals surface area contributed by atoms with Crippen molar-refractivity contribution in [3.63, 3.8) is 0 Å². The van der Waals surface area contributed by atoms with Crippen LogP contribution in [0.3, 0.4) is 0 Å². The summed E-state index contributed by atoms with van der Waals surface area (Å²) in [4.78, 5) is 10.6. The molecule has 168 valence electrons. The van der Waals surface area contributed by atoms with Crippen LogP contribution in [-0.2, 0) is 0 Å². The molecule has 0 heterocycles. The average molecular weight is 400 g/mol. The van der Waals surface area contributed by atoms with Crippen LogP contribution in [0.1, 0.15) is 142 Å². The predicted molar refractivity (Wildman–Crippen MR) is 120 cm³/mol. The summed E-state index contributed by atoms with van der Waals surface area (Å²) in [7, 11) is 0. The molecule has 4 heteroatoms. The van der Waals surface area contributed by atoms with Gasteiger partial charge in [0.1, 0.15) is 6.61 Å². The highest BCUT2D eigenvalue weighted by atomic mass is 16.6. The largest absolute Gasteiger partial charge is 0.389 e. The molecule has 0 radical (unpaired) electrons. The van der Waals surface area contributed by atoms with Gasteiger partial charge in [-0.15, -0.1) is 0 Å². The third kappa shape index (κ3) is 16.3. The molecule has 0 aromatic rings. The van der Waals surface area contributed by atoms with Gasteiger partial charge in [0.2, 0.25) is 5.54 Å². The second-order valence-electron chi connectivity index (χ2n) is 9.03. The maximum Gasteiger partial charge on any atom is 0.242 e. The number of nitrogens with zero attached hydrogens (tertiary/aromatic N) is 1. The SMILES string of the molecule is CCCCCCCCCCCCCCCCCCCCCC(C)(CO)[N+](=O)[O-]. The third-order valence-corrected chi connectivity index (χ3v) is 6.10. The Morgan fingerprint density at radius 2 is 0.929 bits per heavy atom. The van der Waals surface area contributed by atoms with E-state index in [1.807, 2.05) is 0 Å². The van der Waals surface area contributed by atoms with Crippen molar-refractivity contribution in [2.24, 2.45) is 0 Å². The first-order valence-electron chi connectivity index (χ1n) is 12.3. The van der Waals surface area contributed by atoms with Crippen LogP contribution in [-0.4, -0.2) is 22.2 Å². The van der Waals surface area contributed by atoms with E-state index in [0.717, 1.165) is 19.3 Å². The fourth-order valence-corrected chi connectivity index (χ4v) is 3.81. The molecule has 0 aromatic carbocycles. The van der Waals surface area contributed by atoms with Gasteiger partial charge in [-0.25, -0.2) is 0 Å². The smallest absolute Gasteiger partial charge is 0.242 e. The van der Waals surface area contributed by atoms with Crippen molar-refractivity contribution >= 4 is 0 Å². The van der Waals surface area contributed by atoms with Crippen LogP contribution in [0.5, 0.6) is 0 Å². The Hall–Kier alpha value is -0.640. The van der Waals surface area contributed by atoms with Crippen molar-refractivity contribution in [2.45, 2.75) is 148 Å². The first-order valence-corrected chi connectivity index (χ1v) is 12.3. The first-order chi connectivity index (χ1) is 13.6. The van der Waals surface area contributed by atoms with Gasteiger partial charge >= 0.3 is 0 Å². The number of hydrogen-bond donors (Lipinski definition) is 1. The number of rotatable bonds is 22. The number of unbranched alkanes of at least 4 members (excludes halogenated alkanes) is 18. The van der Waals surface area contributed by atoms with Crippen LogP contribution in [0.4, 0.5) is 0 Å². The molecule has 0 fully saturated rings. The highest BCUT2D eigenvalue weighted by molar-refractivity contribution is 4.72. The fraction of sp³-hybridized carbons (Fsp3) is 1.00. The molecule has 0 amide bonds. The van der Waals surface area contributed by atoms with Crippen LogP contribution in [0.2, 0.25) is 0 Å². The number of aliphatic hydroxyl groups excluding tert-OH is 1. The Bertz CT molecular complexity index is 349. The lowest BCUT2D eigenvalue weighted by molar-refractivity contribution is -0.570. The van der Waals surface area contributed by atoms with Gasteiger partial charge in [-0.1, -0.05) is 122 Å². The molecule has 0 saturated carbocycles. The highest BCUT2D eigenvalue weighted by Crippen LogP contribution is 2.19. The summed E-state index contributed by atoms with van der Waals surface area (Å²) in [5, 5.41) is 20.1. The first kappa shape index (κ1) is 27.4. The van der Waals surface area contributed by atoms with Gasteiger partial charge in [0, 0.05) is 18.3 Å². The minimum Gasteiger partial charge on any atom is -0.389 e. The summed E-state index contributed by atoms with van der Waals surface area (Å²) in [6.07, 6.45) is 25.8. The van der Waals surface area contributed by atoms with Crippen molar-refractivity contribution in [3.8, 4) is 0 Å². The number of nitro groups is 1. The van der Waals surface area contributed by atoms with E-state index in [2.05, 4.69) is 6.92 Å². The molecular weight excluding hydrogens is 350 g/mol. The number of hydrogen-bond acceptors (Lipinski definition) is 3. The topological polar surface area (TPSA) is 63.4 Å². The quantitative estimate of drug-likeness (QED) is 0.115. The van der Waals surface area contributed by atoms with E-state index in [4.69, 9.17) is 5.11 Å². The lowest BCUT2D eigenvalue weighted by atomic mass is 9.95. The molecule has 1 N–H and O–H groups in total. The molecule has 0 aliphatic rings. The Morgan fingerprint density at radius 1 is 0.643 bits per heavy atom. The summed E-state index contributed by atoms with van der Waals surface area (Å²) in [5.74, 6) is 0. The Labute approximate surface area is 175 Å². The van der Waals surface area contributed by atoms with Crippen LogP contribution in [0.25, 0.3) is 0 Å². The van der Waals surface area contributed by atoms with Crippen molar-refractivity contribution in [1.82, 2.24) is 0 Å². The van der Waals surface area contributed by atoms with Crippen molar-refractivity contribution in [2.75, 3.05) is 6.61 Å². The molecule has 0 spiro atoms. The normalized spacial score (nSPS) is 13.5. The van der Waals surface area contributed by atoms with Gasteiger partial charge in [0.05, 0.1) is 0 Å². The Morgan fingerprint density at radius 3 is 1.18 bits per heavy atom. The molecule has 1 atom stereocenters. The van der Waals surface area contributed by atoms with E-state index < -0.39 is 5.54 Å². The lowest BCUT2D eigenvalue weighted by Crippen LogP contribution is -2.38. The number of aliphatic hydroxyl groups is 1. The molecule has 0 saturated heterocycles. The zero-order valence-electron chi connectivity index (χ0n) is 19.1. The maximum atomic E-state index is 10.9. The molecule has 0 bridgehead atoms. The van der Waals surface area contributed by atoms with Crippen molar-refractivity contribution in [1.29, 1.82) is 0 Å². The van der Waals surface area contributed by atoms with Gasteiger partial charge < -0.3 is 5.11 Å². The van der Waals surface area contributed by atoms with Crippen LogP contribution < -0.4 is 0 Å². The molecule has 0 aliphatic carbocycles. The third-order valence-electron chi connectivity index (χ3n) is 6.10. The summed E-state index contributed by atoms with van der Waals surface area (Å²) in [6, 6.07) is 0. The maximum absolute atomic E-state index is 10.9. The molecule has 0 aromatic heterocycles. The molecule has 0 rings (SSSR count). The second kappa shape index (κ2) is 19.7. The highest BCUT2D eigenvalue weighted by Gasteiger charge is 2.35. The van der Waals surface area contributed by atoms with E-state index in [9.17, 15) is 10.1 Å². The summed E-state index contributed by atoms with van der Waals surface area (Å²) >= 11 is 0. The van der Waals surface area contributed by atoms with Crippen LogP contribution in [0.15, 0.2) is 0 Å². The molecule has 0 aliphatic heterocycles. The lowest BCUT2D eigenvalue weighted by Gasteiger charge is -2.17. The zero-order valence-corrected chi connectivity index (χ0v) is 19.1. The van der Waals surface area contributed by atoms with Crippen LogP contribution in [0, 0.1) is 10.1 Å². The standard InChI is InChI=1S/C24H49NO3/c1-3-4-5-6-7-8-9-10-11-12-13-14-15-16-17-18-19-20-21-22-24(2,23-26)25(27)28/h26H,3-23H2,1-2H3. The minimum absolute atomic E-state index is 0.332. The van der Waals surface area contributed by atoms with E-state index in [1.54, 1.807) is 6.92 Å². The molecule has 4 nitrogen and oxygen atoms in total. The van der Waals surface area contributed by atoms with E-state index in [0.29, 0.717) is 6.42 Å². The second-order valence-corrected chi connectivity index (χ2v) is 9.03. The molecule has 28 heavy (non-hydrogen) atoms.